The van der Waals surface area contributed by atoms with Crippen LogP contribution in [0.25, 0.3) is 0 Å². The fraction of sp³-hybridized carbons (Fsp3) is 0.583. The smallest absolute Gasteiger partial charge is 0.408 e. The summed E-state index contributed by atoms with van der Waals surface area (Å²) in [5, 5.41) is 15.9. The van der Waals surface area contributed by atoms with Gasteiger partial charge in [-0.1, -0.05) is 81.3 Å². The third-order valence-electron chi connectivity index (χ3n) is 8.13. The van der Waals surface area contributed by atoms with Crippen LogP contribution in [0.15, 0.2) is 42.5 Å². The van der Waals surface area contributed by atoms with Gasteiger partial charge in [0, 0.05) is 19.0 Å². The first kappa shape index (κ1) is 34.9. The van der Waals surface area contributed by atoms with E-state index >= 15 is 0 Å². The molecule has 2 atom stereocenters. The molecular weight excluding hydrogens is 554 g/mol. The number of benzene rings is 2. The maximum Gasteiger partial charge on any atom is 0.408 e. The average Bonchev–Trinajstić information content (AvgIpc) is 2.95. The van der Waals surface area contributed by atoms with Crippen molar-refractivity contribution in [1.29, 1.82) is 0 Å². The van der Waals surface area contributed by atoms with Crippen molar-refractivity contribution in [1.82, 2.24) is 15.5 Å². The summed E-state index contributed by atoms with van der Waals surface area (Å²) in [6, 6.07) is 10.8. The van der Waals surface area contributed by atoms with Crippen LogP contribution in [0.5, 0.6) is 5.75 Å². The zero-order valence-electron chi connectivity index (χ0n) is 27.6. The zero-order valence-corrected chi connectivity index (χ0v) is 27.6. The third kappa shape index (κ3) is 10.9. The summed E-state index contributed by atoms with van der Waals surface area (Å²) < 4.78 is 5.55. The Hall–Kier alpha value is -3.55. The zero-order chi connectivity index (χ0) is 32.3. The van der Waals surface area contributed by atoms with Gasteiger partial charge in [0.2, 0.25) is 11.8 Å². The standard InChI is InChI=1S/C36H53N3O5/c1-7-8-9-13-22-39(32(30-21-16-25(2)23-26(30)3)33(41)37-28-14-11-10-12-15-28)34(42)31(38-35(43)44-36(4,5)6)24-27-17-19-29(40)20-18-27/h16-21,23,28,31-32,40H,7-15,22,24H2,1-6H3,(H,37,41)(H,38,43). The number of nitrogens with zero attached hydrogens (tertiary/aromatic N) is 1. The number of hydrogen-bond donors (Lipinski definition) is 3. The topological polar surface area (TPSA) is 108 Å². The largest absolute Gasteiger partial charge is 0.508 e. The van der Waals surface area contributed by atoms with Gasteiger partial charge in [-0.25, -0.2) is 4.79 Å². The number of phenols is 1. The van der Waals surface area contributed by atoms with E-state index in [-0.39, 0.29) is 30.0 Å². The minimum atomic E-state index is -0.990. The quantitative estimate of drug-likeness (QED) is 0.212. The lowest BCUT2D eigenvalue weighted by atomic mass is 9.93. The molecule has 3 N–H and O–H groups in total. The Bertz CT molecular complexity index is 1230. The Balaban J connectivity index is 2.05. The Kier molecular flexibility index (Phi) is 13.1. The summed E-state index contributed by atoms with van der Waals surface area (Å²) in [4.78, 5) is 43.7. The Morgan fingerprint density at radius 1 is 0.977 bits per heavy atom. The van der Waals surface area contributed by atoms with Crippen LogP contribution in [0.4, 0.5) is 4.79 Å². The Labute approximate surface area is 263 Å². The third-order valence-corrected chi connectivity index (χ3v) is 8.13. The van der Waals surface area contributed by atoms with Crippen LogP contribution in [-0.2, 0) is 20.7 Å². The minimum Gasteiger partial charge on any atom is -0.508 e. The molecule has 8 nitrogen and oxygen atoms in total. The highest BCUT2D eigenvalue weighted by Crippen LogP contribution is 2.29. The van der Waals surface area contributed by atoms with Crippen molar-refractivity contribution < 1.29 is 24.2 Å². The number of amides is 3. The molecule has 3 rings (SSSR count). The van der Waals surface area contributed by atoms with Gasteiger partial charge in [-0.3, -0.25) is 9.59 Å². The molecule has 0 heterocycles. The molecule has 0 aliphatic heterocycles. The van der Waals surface area contributed by atoms with Gasteiger partial charge in [0.05, 0.1) is 0 Å². The molecule has 242 valence electrons. The predicted molar refractivity (Wildman–Crippen MR) is 174 cm³/mol. The first-order valence-corrected chi connectivity index (χ1v) is 16.3. The number of aryl methyl sites for hydroxylation is 2. The van der Waals surface area contributed by atoms with Gasteiger partial charge in [0.1, 0.15) is 23.4 Å². The van der Waals surface area contributed by atoms with E-state index in [4.69, 9.17) is 4.74 Å². The fourth-order valence-corrected chi connectivity index (χ4v) is 5.90. The molecule has 0 aromatic heterocycles. The number of nitrogens with one attached hydrogen (secondary N) is 2. The van der Waals surface area contributed by atoms with Crippen molar-refractivity contribution in [2.45, 2.75) is 129 Å². The van der Waals surface area contributed by atoms with Crippen LogP contribution in [0.3, 0.4) is 0 Å². The number of phenolic OH excluding ortho intramolecular Hbond substituents is 1. The second-order valence-electron chi connectivity index (χ2n) is 13.3. The van der Waals surface area contributed by atoms with Crippen molar-refractivity contribution in [3.05, 3.63) is 64.7 Å². The number of hydrogen-bond acceptors (Lipinski definition) is 5. The van der Waals surface area contributed by atoms with Gasteiger partial charge in [-0.2, -0.15) is 0 Å². The van der Waals surface area contributed by atoms with E-state index in [1.807, 2.05) is 32.0 Å². The second kappa shape index (κ2) is 16.5. The number of rotatable bonds is 13. The maximum atomic E-state index is 14.7. The van der Waals surface area contributed by atoms with E-state index in [9.17, 15) is 19.5 Å². The van der Waals surface area contributed by atoms with Crippen molar-refractivity contribution in [3.63, 3.8) is 0 Å². The van der Waals surface area contributed by atoms with Crippen LogP contribution in [0.2, 0.25) is 0 Å². The van der Waals surface area contributed by atoms with Gasteiger partial charge < -0.3 is 25.4 Å². The van der Waals surface area contributed by atoms with Crippen molar-refractivity contribution in [2.75, 3.05) is 6.54 Å². The molecule has 0 bridgehead atoms. The second-order valence-corrected chi connectivity index (χ2v) is 13.3. The van der Waals surface area contributed by atoms with Gasteiger partial charge in [0.25, 0.3) is 0 Å². The Morgan fingerprint density at radius 2 is 1.66 bits per heavy atom. The lowest BCUT2D eigenvalue weighted by Gasteiger charge is -2.36. The molecule has 44 heavy (non-hydrogen) atoms. The summed E-state index contributed by atoms with van der Waals surface area (Å²) in [7, 11) is 0. The molecule has 3 amide bonds. The van der Waals surface area contributed by atoms with E-state index < -0.39 is 23.8 Å². The SMILES string of the molecule is CCCCCCN(C(=O)C(Cc1ccc(O)cc1)NC(=O)OC(C)(C)C)C(C(=O)NC1CCCCC1)c1ccc(C)cc1C. The number of alkyl carbamates (subject to hydrolysis) is 1. The minimum absolute atomic E-state index is 0.0780. The Morgan fingerprint density at radius 3 is 2.27 bits per heavy atom. The van der Waals surface area contributed by atoms with E-state index in [1.54, 1.807) is 49.9 Å². The molecule has 0 radical (unpaired) electrons. The van der Waals surface area contributed by atoms with E-state index in [0.717, 1.165) is 73.6 Å². The summed E-state index contributed by atoms with van der Waals surface area (Å²) in [5.74, 6) is -0.416. The molecule has 1 saturated carbocycles. The van der Waals surface area contributed by atoms with E-state index in [1.165, 1.54) is 6.42 Å². The summed E-state index contributed by atoms with van der Waals surface area (Å²) in [5.41, 5.74) is 2.81. The summed E-state index contributed by atoms with van der Waals surface area (Å²) >= 11 is 0. The number of ether oxygens (including phenoxy) is 1. The van der Waals surface area contributed by atoms with Crippen LogP contribution in [0, 0.1) is 13.8 Å². The molecule has 2 unspecified atom stereocenters. The summed E-state index contributed by atoms with van der Waals surface area (Å²) in [6.45, 7) is 11.8. The monoisotopic (exact) mass is 607 g/mol. The molecule has 2 aromatic rings. The van der Waals surface area contributed by atoms with Crippen molar-refractivity contribution in [2.24, 2.45) is 0 Å². The van der Waals surface area contributed by atoms with E-state index in [0.29, 0.717) is 6.54 Å². The van der Waals surface area contributed by atoms with Gasteiger partial charge in [0.15, 0.2) is 0 Å². The summed E-state index contributed by atoms with van der Waals surface area (Å²) in [6.07, 6.45) is 8.38. The van der Waals surface area contributed by atoms with Gasteiger partial charge in [-0.05, 0) is 82.7 Å². The van der Waals surface area contributed by atoms with Crippen molar-refractivity contribution in [3.8, 4) is 5.75 Å². The lowest BCUT2D eigenvalue weighted by molar-refractivity contribution is -0.143. The highest BCUT2D eigenvalue weighted by Gasteiger charge is 2.37. The lowest BCUT2D eigenvalue weighted by Crippen LogP contribution is -2.54. The van der Waals surface area contributed by atoms with Gasteiger partial charge >= 0.3 is 6.09 Å². The van der Waals surface area contributed by atoms with Gasteiger partial charge in [-0.15, -0.1) is 0 Å². The predicted octanol–water partition coefficient (Wildman–Crippen LogP) is 7.04. The molecule has 1 aliphatic rings. The maximum absolute atomic E-state index is 14.7. The van der Waals surface area contributed by atoms with Crippen LogP contribution < -0.4 is 10.6 Å². The number of carbonyl (C=O) groups excluding carboxylic acids is 3. The molecular formula is C36H53N3O5. The molecule has 2 aromatic carbocycles. The number of aromatic hydroxyl groups is 1. The van der Waals surface area contributed by atoms with Crippen LogP contribution in [0.1, 0.15) is 114 Å². The molecule has 8 heteroatoms. The first-order valence-electron chi connectivity index (χ1n) is 16.3. The van der Waals surface area contributed by atoms with Crippen LogP contribution in [-0.4, -0.2) is 52.1 Å². The molecule has 0 saturated heterocycles. The normalized spacial score (nSPS) is 15.2. The number of unbranched alkanes of at least 4 members (excludes halogenated alkanes) is 3. The fourth-order valence-electron chi connectivity index (χ4n) is 5.90. The average molecular weight is 608 g/mol. The highest BCUT2D eigenvalue weighted by atomic mass is 16.6. The number of carbonyl (C=O) groups is 3. The van der Waals surface area contributed by atoms with Crippen molar-refractivity contribution >= 4 is 17.9 Å². The highest BCUT2D eigenvalue weighted by molar-refractivity contribution is 5.92. The van der Waals surface area contributed by atoms with E-state index in [2.05, 4.69) is 17.6 Å². The first-order chi connectivity index (χ1) is 20.9. The van der Waals surface area contributed by atoms with Crippen LogP contribution >= 0.6 is 0 Å². The molecule has 1 aliphatic carbocycles. The molecule has 1 fully saturated rings. The molecule has 0 spiro atoms.